The molecular weight excluding hydrogens is 156 g/mol. The molecule has 0 aromatic carbocycles. The summed E-state index contributed by atoms with van der Waals surface area (Å²) < 4.78 is 0. The van der Waals surface area contributed by atoms with Crippen LogP contribution in [0, 0.1) is 0 Å². The van der Waals surface area contributed by atoms with Crippen molar-refractivity contribution in [3.63, 3.8) is 0 Å². The predicted molar refractivity (Wildman–Crippen MR) is 46.5 cm³/mol. The molecule has 0 radical (unpaired) electrons. The number of Topliss-reactive ketones (excluding diaryl/α,β-unsaturated/α-hetero) is 1. The van der Waals surface area contributed by atoms with Crippen molar-refractivity contribution in [1.29, 1.82) is 0 Å². The molecule has 2 rings (SSSR count). The van der Waals surface area contributed by atoms with E-state index in [0.717, 1.165) is 18.4 Å². The Morgan fingerprint density at radius 2 is 2.36 bits per heavy atom. The van der Waals surface area contributed by atoms with Gasteiger partial charge in [0.1, 0.15) is 0 Å². The lowest BCUT2D eigenvalue weighted by Gasteiger charge is -2.13. The molecule has 0 spiro atoms. The van der Waals surface area contributed by atoms with Crippen molar-refractivity contribution in [1.82, 2.24) is 0 Å². The zero-order valence-corrected chi connectivity index (χ0v) is 6.86. The molecule has 0 N–H and O–H groups in total. The average Bonchev–Trinajstić information content (AvgIpc) is 2.49. The number of carbonyl (C=O) groups excluding carboxylic acids is 1. The van der Waals surface area contributed by atoms with E-state index in [1.165, 1.54) is 4.88 Å². The molecule has 1 saturated carbocycles. The van der Waals surface area contributed by atoms with Crippen molar-refractivity contribution in [2.75, 3.05) is 0 Å². The van der Waals surface area contributed by atoms with Crippen LogP contribution in [-0.2, 0) is 4.79 Å². The summed E-state index contributed by atoms with van der Waals surface area (Å²) in [6.45, 7) is 0. The predicted octanol–water partition coefficient (Wildman–Crippen LogP) is 2.49. The third-order valence-electron chi connectivity index (χ3n) is 1.84. The average molecular weight is 164 g/mol. The van der Waals surface area contributed by atoms with Crippen LogP contribution in [0.4, 0.5) is 0 Å². The first-order chi connectivity index (χ1) is 5.36. The normalized spacial score (nSPS) is 20.4. The lowest BCUT2D eigenvalue weighted by molar-refractivity contribution is -0.118. The summed E-state index contributed by atoms with van der Waals surface area (Å²) in [7, 11) is 0. The summed E-state index contributed by atoms with van der Waals surface area (Å²) in [5.41, 5.74) is 0.993. The summed E-state index contributed by atoms with van der Waals surface area (Å²) in [6, 6.07) is 4.03. The van der Waals surface area contributed by atoms with Crippen LogP contribution in [0.15, 0.2) is 23.1 Å². The fraction of sp³-hybridized carbons (Fsp3) is 0.222. The molecule has 1 aliphatic carbocycles. The standard InChI is InChI=1S/C9H8OS/c10-9-4-3-7(9)6-8-2-1-5-11-8/h1-2,5-6H,3-4H2/b7-6+. The van der Waals surface area contributed by atoms with Crippen molar-refractivity contribution in [2.24, 2.45) is 0 Å². The van der Waals surface area contributed by atoms with Gasteiger partial charge in [-0.15, -0.1) is 11.3 Å². The van der Waals surface area contributed by atoms with E-state index in [9.17, 15) is 4.79 Å². The molecule has 1 aliphatic rings. The first-order valence-corrected chi connectivity index (χ1v) is 4.51. The van der Waals surface area contributed by atoms with E-state index in [1.807, 2.05) is 23.6 Å². The molecular formula is C9H8OS. The Morgan fingerprint density at radius 3 is 2.82 bits per heavy atom. The Kier molecular flexibility index (Phi) is 1.62. The van der Waals surface area contributed by atoms with Gasteiger partial charge in [-0.25, -0.2) is 0 Å². The van der Waals surface area contributed by atoms with Gasteiger partial charge in [-0.3, -0.25) is 4.79 Å². The molecule has 0 amide bonds. The maximum Gasteiger partial charge on any atom is 0.159 e. The molecule has 11 heavy (non-hydrogen) atoms. The number of thiophene rings is 1. The highest BCUT2D eigenvalue weighted by molar-refractivity contribution is 7.10. The fourth-order valence-electron chi connectivity index (χ4n) is 1.07. The van der Waals surface area contributed by atoms with Crippen molar-refractivity contribution in [2.45, 2.75) is 12.8 Å². The lowest BCUT2D eigenvalue weighted by Crippen LogP contribution is -2.13. The number of ketones is 1. The molecule has 1 fully saturated rings. The van der Waals surface area contributed by atoms with Gasteiger partial charge in [0.15, 0.2) is 5.78 Å². The van der Waals surface area contributed by atoms with Gasteiger partial charge >= 0.3 is 0 Å². The first kappa shape index (κ1) is 6.80. The van der Waals surface area contributed by atoms with Crippen molar-refractivity contribution >= 4 is 23.2 Å². The second kappa shape index (κ2) is 2.62. The highest BCUT2D eigenvalue weighted by Crippen LogP contribution is 2.25. The third kappa shape index (κ3) is 1.26. The number of allylic oxidation sites excluding steroid dienone is 1. The van der Waals surface area contributed by atoms with Crippen LogP contribution in [0.25, 0.3) is 6.08 Å². The van der Waals surface area contributed by atoms with E-state index in [2.05, 4.69) is 0 Å². The Morgan fingerprint density at radius 1 is 1.45 bits per heavy atom. The highest BCUT2D eigenvalue weighted by Gasteiger charge is 2.19. The van der Waals surface area contributed by atoms with E-state index in [0.29, 0.717) is 5.78 Å². The van der Waals surface area contributed by atoms with E-state index in [1.54, 1.807) is 11.3 Å². The van der Waals surface area contributed by atoms with Gasteiger partial charge in [-0.05, 0) is 29.5 Å². The molecule has 0 aliphatic heterocycles. The molecule has 0 atom stereocenters. The highest BCUT2D eigenvalue weighted by atomic mass is 32.1. The summed E-state index contributed by atoms with van der Waals surface area (Å²) in [5.74, 6) is 0.318. The van der Waals surface area contributed by atoms with E-state index >= 15 is 0 Å². The first-order valence-electron chi connectivity index (χ1n) is 3.63. The SMILES string of the molecule is O=C1CC/C1=C\c1cccs1. The number of hydrogen-bond acceptors (Lipinski definition) is 2. The molecule has 1 nitrogen and oxygen atoms in total. The zero-order valence-electron chi connectivity index (χ0n) is 6.04. The Balaban J connectivity index is 2.21. The van der Waals surface area contributed by atoms with Crippen LogP contribution in [0.2, 0.25) is 0 Å². The number of rotatable bonds is 1. The molecule has 56 valence electrons. The second-order valence-electron chi connectivity index (χ2n) is 2.61. The largest absolute Gasteiger partial charge is 0.295 e. The number of hydrogen-bond donors (Lipinski definition) is 0. The summed E-state index contributed by atoms with van der Waals surface area (Å²) >= 11 is 1.67. The van der Waals surface area contributed by atoms with Gasteiger partial charge < -0.3 is 0 Å². The molecule has 0 saturated heterocycles. The van der Waals surface area contributed by atoms with Crippen molar-refractivity contribution in [3.8, 4) is 0 Å². The van der Waals surface area contributed by atoms with Crippen LogP contribution in [0.1, 0.15) is 17.7 Å². The Labute approximate surface area is 69.4 Å². The van der Waals surface area contributed by atoms with Gasteiger partial charge in [-0.1, -0.05) is 6.07 Å². The van der Waals surface area contributed by atoms with Gasteiger partial charge in [-0.2, -0.15) is 0 Å². The van der Waals surface area contributed by atoms with Gasteiger partial charge in [0.2, 0.25) is 0 Å². The fourth-order valence-corrected chi connectivity index (χ4v) is 1.75. The van der Waals surface area contributed by atoms with Gasteiger partial charge in [0.05, 0.1) is 0 Å². The maximum absolute atomic E-state index is 10.9. The van der Waals surface area contributed by atoms with E-state index in [-0.39, 0.29) is 0 Å². The van der Waals surface area contributed by atoms with Crippen LogP contribution < -0.4 is 0 Å². The zero-order chi connectivity index (χ0) is 7.68. The minimum atomic E-state index is 0.318. The summed E-state index contributed by atoms with van der Waals surface area (Å²) in [5, 5.41) is 2.02. The number of carbonyl (C=O) groups is 1. The van der Waals surface area contributed by atoms with Gasteiger partial charge in [0.25, 0.3) is 0 Å². The van der Waals surface area contributed by atoms with Crippen molar-refractivity contribution < 1.29 is 4.79 Å². The molecule has 1 aromatic heterocycles. The van der Waals surface area contributed by atoms with Crippen LogP contribution in [0.3, 0.4) is 0 Å². The molecule has 1 heterocycles. The Hall–Kier alpha value is -0.890. The topological polar surface area (TPSA) is 17.1 Å². The monoisotopic (exact) mass is 164 g/mol. The van der Waals surface area contributed by atoms with E-state index in [4.69, 9.17) is 0 Å². The molecule has 2 heteroatoms. The lowest BCUT2D eigenvalue weighted by atomic mass is 9.90. The minimum Gasteiger partial charge on any atom is -0.295 e. The third-order valence-corrected chi connectivity index (χ3v) is 2.66. The summed E-state index contributed by atoms with van der Waals surface area (Å²) in [6.07, 6.45) is 3.71. The van der Waals surface area contributed by atoms with E-state index < -0.39 is 0 Å². The smallest absolute Gasteiger partial charge is 0.159 e. The maximum atomic E-state index is 10.9. The Bertz CT molecular complexity index is 295. The van der Waals surface area contributed by atoms with Crippen LogP contribution in [-0.4, -0.2) is 5.78 Å². The van der Waals surface area contributed by atoms with Crippen LogP contribution >= 0.6 is 11.3 Å². The quantitative estimate of drug-likeness (QED) is 0.583. The van der Waals surface area contributed by atoms with Gasteiger partial charge in [0, 0.05) is 11.3 Å². The molecule has 1 aromatic rings. The van der Waals surface area contributed by atoms with Crippen LogP contribution in [0.5, 0.6) is 0 Å². The second-order valence-corrected chi connectivity index (χ2v) is 3.59. The van der Waals surface area contributed by atoms with Crippen molar-refractivity contribution in [3.05, 3.63) is 28.0 Å². The minimum absolute atomic E-state index is 0.318. The molecule has 0 unspecified atom stereocenters. The summed E-state index contributed by atoms with van der Waals surface area (Å²) in [4.78, 5) is 12.1. The molecule has 0 bridgehead atoms.